The molecule has 5 N–H and O–H groups in total. The van der Waals surface area contributed by atoms with Crippen LogP contribution in [-0.4, -0.2) is 51.7 Å². The van der Waals surface area contributed by atoms with Crippen molar-refractivity contribution in [2.45, 2.75) is 6.42 Å². The van der Waals surface area contributed by atoms with Gasteiger partial charge in [-0.05, 0) is 6.07 Å². The van der Waals surface area contributed by atoms with E-state index in [0.29, 0.717) is 29.0 Å². The summed E-state index contributed by atoms with van der Waals surface area (Å²) >= 11 is 7.42. The number of amides is 1. The van der Waals surface area contributed by atoms with Gasteiger partial charge in [0.25, 0.3) is 5.91 Å². The van der Waals surface area contributed by atoms with Crippen molar-refractivity contribution in [3.63, 3.8) is 0 Å². The lowest BCUT2D eigenvalue weighted by molar-refractivity contribution is 0.0949. The lowest BCUT2D eigenvalue weighted by atomic mass is 10.2. The van der Waals surface area contributed by atoms with E-state index in [2.05, 4.69) is 25.5 Å². The number of hydrogen-bond donors (Lipinski definition) is 4. The van der Waals surface area contributed by atoms with Gasteiger partial charge in [-0.25, -0.2) is 4.98 Å². The molecule has 0 saturated heterocycles. The molecule has 0 fully saturated rings. The highest BCUT2D eigenvalue weighted by Crippen LogP contribution is 2.30. The molecular formula is C17H19ClN8OS. The van der Waals surface area contributed by atoms with Gasteiger partial charge < -0.3 is 21.0 Å². The maximum absolute atomic E-state index is 12.7. The molecule has 3 heterocycles. The van der Waals surface area contributed by atoms with E-state index in [-0.39, 0.29) is 17.5 Å². The van der Waals surface area contributed by atoms with Gasteiger partial charge >= 0.3 is 0 Å². The maximum atomic E-state index is 12.7. The highest BCUT2D eigenvalue weighted by atomic mass is 35.5. The largest absolute Gasteiger partial charge is 0.399 e. The van der Waals surface area contributed by atoms with E-state index in [1.807, 2.05) is 6.07 Å². The third kappa shape index (κ3) is 3.82. The first-order valence-corrected chi connectivity index (χ1v) is 9.47. The fourth-order valence-electron chi connectivity index (χ4n) is 2.72. The van der Waals surface area contributed by atoms with Gasteiger partial charge in [0.15, 0.2) is 5.65 Å². The number of allylic oxidation sites excluding steroid dienone is 1. The van der Waals surface area contributed by atoms with Crippen LogP contribution in [-0.2, 0) is 13.5 Å². The quantitative estimate of drug-likeness (QED) is 0.434. The minimum atomic E-state index is -0.359. The first-order chi connectivity index (χ1) is 13.5. The second kappa shape index (κ2) is 8.36. The van der Waals surface area contributed by atoms with Crippen LogP contribution in [0.2, 0.25) is 0 Å². The molecule has 0 aliphatic carbocycles. The predicted molar refractivity (Wildman–Crippen MR) is 112 cm³/mol. The highest BCUT2D eigenvalue weighted by Gasteiger charge is 2.23. The van der Waals surface area contributed by atoms with Gasteiger partial charge in [-0.1, -0.05) is 11.6 Å². The van der Waals surface area contributed by atoms with Crippen molar-refractivity contribution in [1.29, 1.82) is 5.41 Å². The maximum Gasteiger partial charge on any atom is 0.269 e. The molecule has 0 aliphatic rings. The Labute approximate surface area is 169 Å². The molecule has 0 aromatic carbocycles. The fourth-order valence-corrected chi connectivity index (χ4v) is 4.02. The minimum Gasteiger partial charge on any atom is -0.399 e. The van der Waals surface area contributed by atoms with Crippen LogP contribution in [0.25, 0.3) is 10.3 Å². The Morgan fingerprint density at radius 2 is 2.36 bits per heavy atom. The highest BCUT2D eigenvalue weighted by molar-refractivity contribution is 7.19. The van der Waals surface area contributed by atoms with Crippen LogP contribution in [0.5, 0.6) is 0 Å². The van der Waals surface area contributed by atoms with Crippen molar-refractivity contribution >= 4 is 51.6 Å². The molecular weight excluding hydrogens is 400 g/mol. The third-order valence-electron chi connectivity index (χ3n) is 4.05. The number of rotatable bonds is 7. The zero-order valence-electron chi connectivity index (χ0n) is 15.3. The molecule has 3 aromatic rings. The number of aromatic amines is 1. The van der Waals surface area contributed by atoms with Gasteiger partial charge in [-0.2, -0.15) is 5.10 Å². The molecule has 0 saturated carbocycles. The van der Waals surface area contributed by atoms with Gasteiger partial charge in [-0.15, -0.1) is 11.3 Å². The summed E-state index contributed by atoms with van der Waals surface area (Å²) < 4.78 is 2.48. The monoisotopic (exact) mass is 418 g/mol. The van der Waals surface area contributed by atoms with Gasteiger partial charge in [-0.3, -0.25) is 14.9 Å². The van der Waals surface area contributed by atoms with E-state index in [9.17, 15) is 4.79 Å². The third-order valence-corrected chi connectivity index (χ3v) is 5.47. The molecule has 0 atom stereocenters. The Bertz CT molecular complexity index is 1080. The van der Waals surface area contributed by atoms with Gasteiger partial charge in [0.05, 0.1) is 16.3 Å². The van der Waals surface area contributed by atoms with E-state index < -0.39 is 0 Å². The number of aromatic nitrogens is 4. The van der Waals surface area contributed by atoms with Crippen LogP contribution in [0, 0.1) is 5.41 Å². The number of thiazole rings is 1. The standard InChI is InChI=1S/C17H19ClN8OS/c1-21-7-11(18)12(20)8-22-17(27)14-10(6-19)15-16(26(14)2)24-13(28-15)5-9-3-4-23-25-9/h3-4,6-7,19H,5,8,20H2,1-2H3,(H,22,27)(H,23,25). The summed E-state index contributed by atoms with van der Waals surface area (Å²) in [6.45, 7) is 0.0679. The van der Waals surface area contributed by atoms with Crippen molar-refractivity contribution < 1.29 is 4.79 Å². The second-order valence-electron chi connectivity index (χ2n) is 5.93. The first kappa shape index (κ1) is 19.8. The summed E-state index contributed by atoms with van der Waals surface area (Å²) in [4.78, 5) is 21.1. The number of fused-ring (bicyclic) bond motifs is 1. The van der Waals surface area contributed by atoms with Crippen molar-refractivity contribution in [2.75, 3.05) is 13.6 Å². The fraction of sp³-hybridized carbons (Fsp3) is 0.235. The molecule has 28 heavy (non-hydrogen) atoms. The van der Waals surface area contributed by atoms with Gasteiger partial charge in [0, 0.05) is 56.1 Å². The number of carbonyl (C=O) groups excluding carboxylic acids is 1. The summed E-state index contributed by atoms with van der Waals surface area (Å²) in [5, 5.41) is 18.5. The van der Waals surface area contributed by atoms with Gasteiger partial charge in [0.1, 0.15) is 10.7 Å². The number of carbonyl (C=O) groups is 1. The normalized spacial score (nSPS) is 12.5. The number of nitrogens with two attached hydrogens (primary N) is 1. The number of hydrogen-bond acceptors (Lipinski definition) is 7. The Kier molecular flexibility index (Phi) is 5.90. The van der Waals surface area contributed by atoms with E-state index >= 15 is 0 Å². The molecule has 146 valence electrons. The summed E-state index contributed by atoms with van der Waals surface area (Å²) in [5.74, 6) is -0.359. The summed E-state index contributed by atoms with van der Waals surface area (Å²) in [6, 6.07) is 1.88. The number of H-pyrrole nitrogens is 1. The summed E-state index contributed by atoms with van der Waals surface area (Å²) in [5.41, 5.74) is 8.62. The van der Waals surface area contributed by atoms with E-state index in [4.69, 9.17) is 22.7 Å². The molecule has 11 heteroatoms. The average Bonchev–Trinajstić information content (AvgIpc) is 3.38. The van der Waals surface area contributed by atoms with E-state index in [1.165, 1.54) is 23.8 Å². The first-order valence-electron chi connectivity index (χ1n) is 8.27. The van der Waals surface area contributed by atoms with Crippen LogP contribution in [0.4, 0.5) is 0 Å². The predicted octanol–water partition coefficient (Wildman–Crippen LogP) is 1.79. The Hall–Kier alpha value is -2.98. The van der Waals surface area contributed by atoms with Crippen LogP contribution < -0.4 is 11.1 Å². The number of aliphatic imine (C=N–C) groups is 1. The van der Waals surface area contributed by atoms with Crippen molar-refractivity contribution in [3.05, 3.63) is 45.0 Å². The average molecular weight is 419 g/mol. The zero-order chi connectivity index (χ0) is 20.3. The number of nitrogens with zero attached hydrogens (tertiary/aromatic N) is 4. The number of halogens is 1. The summed E-state index contributed by atoms with van der Waals surface area (Å²) in [6.07, 6.45) is 4.88. The van der Waals surface area contributed by atoms with Crippen LogP contribution >= 0.6 is 22.9 Å². The minimum absolute atomic E-state index is 0.0679. The van der Waals surface area contributed by atoms with Crippen LogP contribution in [0.15, 0.2) is 28.0 Å². The lowest BCUT2D eigenvalue weighted by Crippen LogP contribution is -2.30. The molecule has 0 aliphatic heterocycles. The number of aryl methyl sites for hydroxylation is 1. The smallest absolute Gasteiger partial charge is 0.269 e. The Morgan fingerprint density at radius 3 is 3.00 bits per heavy atom. The molecule has 1 amide bonds. The lowest BCUT2D eigenvalue weighted by Gasteiger charge is -2.08. The zero-order valence-corrected chi connectivity index (χ0v) is 16.9. The second-order valence-corrected chi connectivity index (χ2v) is 7.42. The van der Waals surface area contributed by atoms with Crippen molar-refractivity contribution in [3.8, 4) is 0 Å². The topological polar surface area (TPSA) is 138 Å². The van der Waals surface area contributed by atoms with E-state index in [1.54, 1.807) is 24.9 Å². The van der Waals surface area contributed by atoms with Crippen molar-refractivity contribution in [2.24, 2.45) is 17.8 Å². The molecule has 0 spiro atoms. The molecule has 0 radical (unpaired) electrons. The molecule has 9 nitrogen and oxygen atoms in total. The van der Waals surface area contributed by atoms with Gasteiger partial charge in [0.2, 0.25) is 0 Å². The van der Waals surface area contributed by atoms with Crippen LogP contribution in [0.1, 0.15) is 26.8 Å². The Morgan fingerprint density at radius 1 is 1.57 bits per heavy atom. The van der Waals surface area contributed by atoms with Crippen LogP contribution in [0.3, 0.4) is 0 Å². The molecule has 3 rings (SSSR count). The summed E-state index contributed by atoms with van der Waals surface area (Å²) in [7, 11) is 3.33. The number of nitrogens with one attached hydrogen (secondary N) is 3. The molecule has 3 aromatic heterocycles. The van der Waals surface area contributed by atoms with E-state index in [0.717, 1.165) is 15.4 Å². The van der Waals surface area contributed by atoms with Crippen molar-refractivity contribution in [1.82, 2.24) is 25.1 Å². The Balaban J connectivity index is 1.88. The molecule has 0 unspecified atom stereocenters. The molecule has 0 bridgehead atoms. The SMILES string of the molecule is CN=CC(Cl)=C(N)CNC(=O)c1c(C=N)c2sc(Cc3ccn[nH]3)nc2n1C.